The van der Waals surface area contributed by atoms with E-state index < -0.39 is 42.3 Å². The third-order valence-electron chi connectivity index (χ3n) is 4.67. The smallest absolute Gasteiger partial charge is 0.336 e. The van der Waals surface area contributed by atoms with Crippen LogP contribution in [0.15, 0.2) is 47.6 Å². The number of hydrogen-bond donors (Lipinski definition) is 2. The standard InChI is InChI=1S/C20H26O6/c1-10-6-15(22)7-11(2)9-17-18(13(4)20(24)26-17)16(8-10)25-19(23)12(3)14(5)21/h6,9,14-18,21-22H,3-4,7-8H2,1-2,5H3/b10-6+,11-9+/t14?,15-,16-,17-,18-/m1/s1. The van der Waals surface area contributed by atoms with Crippen LogP contribution in [0.1, 0.15) is 33.6 Å². The summed E-state index contributed by atoms with van der Waals surface area (Å²) < 4.78 is 11.0. The molecule has 0 amide bonds. The third-order valence-corrected chi connectivity index (χ3v) is 4.67. The van der Waals surface area contributed by atoms with Crippen LogP contribution < -0.4 is 0 Å². The molecule has 1 aliphatic heterocycles. The van der Waals surface area contributed by atoms with Crippen LogP contribution >= 0.6 is 0 Å². The largest absolute Gasteiger partial charge is 0.458 e. The Morgan fingerprint density at radius 3 is 2.54 bits per heavy atom. The number of carbonyl (C=O) groups is 2. The zero-order valence-corrected chi connectivity index (χ0v) is 15.4. The Bertz CT molecular complexity index is 684. The first-order chi connectivity index (χ1) is 12.1. The van der Waals surface area contributed by atoms with Crippen molar-refractivity contribution in [2.75, 3.05) is 0 Å². The van der Waals surface area contributed by atoms with Crippen LogP contribution in [-0.4, -0.2) is 46.6 Å². The lowest BCUT2D eigenvalue weighted by atomic mass is 9.85. The molecule has 142 valence electrons. The minimum atomic E-state index is -1.04. The molecule has 0 spiro atoms. The Kier molecular flexibility index (Phi) is 6.21. The van der Waals surface area contributed by atoms with Gasteiger partial charge in [0, 0.05) is 12.0 Å². The number of carbonyl (C=O) groups excluding carboxylic acids is 2. The van der Waals surface area contributed by atoms with Gasteiger partial charge < -0.3 is 19.7 Å². The molecule has 2 N–H and O–H groups in total. The van der Waals surface area contributed by atoms with Crippen molar-refractivity contribution in [1.29, 1.82) is 0 Å². The van der Waals surface area contributed by atoms with E-state index in [0.29, 0.717) is 12.8 Å². The van der Waals surface area contributed by atoms with E-state index in [0.717, 1.165) is 11.1 Å². The van der Waals surface area contributed by atoms with E-state index in [1.54, 1.807) is 12.2 Å². The van der Waals surface area contributed by atoms with Gasteiger partial charge in [-0.05, 0) is 33.3 Å². The highest BCUT2D eigenvalue weighted by atomic mass is 16.6. The Morgan fingerprint density at radius 2 is 1.92 bits per heavy atom. The van der Waals surface area contributed by atoms with Crippen molar-refractivity contribution < 1.29 is 29.3 Å². The van der Waals surface area contributed by atoms with Gasteiger partial charge in [0.05, 0.1) is 23.7 Å². The Hall–Kier alpha value is -2.18. The number of ether oxygens (including phenoxy) is 2. The molecule has 0 saturated carbocycles. The van der Waals surface area contributed by atoms with E-state index in [2.05, 4.69) is 13.2 Å². The summed E-state index contributed by atoms with van der Waals surface area (Å²) in [6.45, 7) is 12.5. The molecule has 1 fully saturated rings. The second-order valence-corrected chi connectivity index (χ2v) is 7.07. The number of hydrogen-bond acceptors (Lipinski definition) is 6. The molecule has 2 aliphatic rings. The van der Waals surface area contributed by atoms with Crippen LogP contribution in [0.5, 0.6) is 0 Å². The Labute approximate surface area is 153 Å². The fourth-order valence-electron chi connectivity index (χ4n) is 3.26. The van der Waals surface area contributed by atoms with Gasteiger partial charge in [-0.15, -0.1) is 0 Å². The first kappa shape index (κ1) is 20.1. The molecule has 5 atom stereocenters. The monoisotopic (exact) mass is 362 g/mol. The summed E-state index contributed by atoms with van der Waals surface area (Å²) in [4.78, 5) is 24.3. The van der Waals surface area contributed by atoms with E-state index in [1.165, 1.54) is 6.92 Å². The third kappa shape index (κ3) is 4.51. The van der Waals surface area contributed by atoms with E-state index in [4.69, 9.17) is 9.47 Å². The lowest BCUT2D eigenvalue weighted by Crippen LogP contribution is -2.34. The summed E-state index contributed by atoms with van der Waals surface area (Å²) >= 11 is 0. The van der Waals surface area contributed by atoms with Crippen LogP contribution in [-0.2, 0) is 19.1 Å². The second-order valence-electron chi connectivity index (χ2n) is 7.07. The van der Waals surface area contributed by atoms with Crippen molar-refractivity contribution >= 4 is 11.9 Å². The molecule has 26 heavy (non-hydrogen) atoms. The van der Waals surface area contributed by atoms with E-state index in [1.807, 2.05) is 13.8 Å². The lowest BCUT2D eigenvalue weighted by Gasteiger charge is -2.28. The fourth-order valence-corrected chi connectivity index (χ4v) is 3.26. The van der Waals surface area contributed by atoms with Gasteiger partial charge in [-0.1, -0.05) is 30.4 Å². The maximum atomic E-state index is 12.3. The zero-order chi connectivity index (χ0) is 19.6. The molecule has 1 aliphatic carbocycles. The second kappa shape index (κ2) is 8.01. The maximum Gasteiger partial charge on any atom is 0.336 e. The van der Waals surface area contributed by atoms with Gasteiger partial charge in [-0.2, -0.15) is 0 Å². The van der Waals surface area contributed by atoms with Crippen molar-refractivity contribution in [3.8, 4) is 0 Å². The summed E-state index contributed by atoms with van der Waals surface area (Å²) in [5, 5.41) is 19.7. The molecule has 1 saturated heterocycles. The summed E-state index contributed by atoms with van der Waals surface area (Å²) in [5.41, 5.74) is 1.86. The van der Waals surface area contributed by atoms with Crippen molar-refractivity contribution in [1.82, 2.24) is 0 Å². The Morgan fingerprint density at radius 1 is 1.31 bits per heavy atom. The minimum Gasteiger partial charge on any atom is -0.458 e. The molecule has 1 heterocycles. The summed E-state index contributed by atoms with van der Waals surface area (Å²) in [5.74, 6) is -1.80. The molecule has 0 bridgehead atoms. The first-order valence-electron chi connectivity index (χ1n) is 8.60. The first-order valence-corrected chi connectivity index (χ1v) is 8.60. The molecule has 1 unspecified atom stereocenters. The van der Waals surface area contributed by atoms with Gasteiger partial charge in [0.15, 0.2) is 0 Å². The molecule has 2 rings (SSSR count). The van der Waals surface area contributed by atoms with Crippen molar-refractivity contribution in [2.24, 2.45) is 5.92 Å². The van der Waals surface area contributed by atoms with E-state index in [-0.39, 0.29) is 11.1 Å². The van der Waals surface area contributed by atoms with Gasteiger partial charge in [-0.25, -0.2) is 9.59 Å². The molecule has 6 heteroatoms. The quantitative estimate of drug-likeness (QED) is 0.453. The van der Waals surface area contributed by atoms with Crippen LogP contribution in [0, 0.1) is 5.92 Å². The van der Waals surface area contributed by atoms with Crippen molar-refractivity contribution in [2.45, 2.75) is 58.0 Å². The highest BCUT2D eigenvalue weighted by Crippen LogP contribution is 2.36. The molecule has 0 aromatic rings. The molecule has 0 aromatic heterocycles. The van der Waals surface area contributed by atoms with Gasteiger partial charge in [0.2, 0.25) is 0 Å². The highest BCUT2D eigenvalue weighted by Gasteiger charge is 2.44. The van der Waals surface area contributed by atoms with Crippen molar-refractivity contribution in [3.63, 3.8) is 0 Å². The number of rotatable bonds is 3. The molecule has 0 aromatic carbocycles. The van der Waals surface area contributed by atoms with Gasteiger partial charge >= 0.3 is 11.9 Å². The highest BCUT2D eigenvalue weighted by molar-refractivity contribution is 5.92. The SMILES string of the molecule is C=C(C(=O)O[C@@H]1C/C(C)=C/[C@@H](O)C/C(C)=C/[C@H]2OC(=O)C(=C)[C@@H]21)C(C)O. The van der Waals surface area contributed by atoms with Crippen LogP contribution in [0.25, 0.3) is 0 Å². The summed E-state index contributed by atoms with van der Waals surface area (Å²) in [7, 11) is 0. The molecular formula is C20H26O6. The molecular weight excluding hydrogens is 336 g/mol. The average molecular weight is 362 g/mol. The van der Waals surface area contributed by atoms with E-state index >= 15 is 0 Å². The predicted molar refractivity (Wildman–Crippen MR) is 96.0 cm³/mol. The molecule has 0 radical (unpaired) electrons. The Balaban J connectivity index is 2.40. The summed E-state index contributed by atoms with van der Waals surface area (Å²) in [6.07, 6.45) is 1.15. The predicted octanol–water partition coefficient (Wildman–Crippen LogP) is 1.98. The number of fused-ring (bicyclic) bond motifs is 1. The number of aliphatic hydroxyl groups is 2. The topological polar surface area (TPSA) is 93.1 Å². The van der Waals surface area contributed by atoms with Crippen molar-refractivity contribution in [3.05, 3.63) is 47.6 Å². The normalized spacial score (nSPS) is 34.5. The fraction of sp³-hybridized carbons (Fsp3) is 0.500. The lowest BCUT2D eigenvalue weighted by molar-refractivity contribution is -0.148. The number of aliphatic hydroxyl groups excluding tert-OH is 2. The summed E-state index contributed by atoms with van der Waals surface area (Å²) in [6, 6.07) is 0. The minimum absolute atomic E-state index is 0.0668. The van der Waals surface area contributed by atoms with E-state index in [9.17, 15) is 19.8 Å². The van der Waals surface area contributed by atoms with Gasteiger partial charge in [0.25, 0.3) is 0 Å². The number of esters is 2. The van der Waals surface area contributed by atoms with Crippen LogP contribution in [0.4, 0.5) is 0 Å². The zero-order valence-electron chi connectivity index (χ0n) is 15.4. The average Bonchev–Trinajstić information content (AvgIpc) is 2.78. The van der Waals surface area contributed by atoms with Gasteiger partial charge in [-0.3, -0.25) is 0 Å². The van der Waals surface area contributed by atoms with Gasteiger partial charge in [0.1, 0.15) is 12.2 Å². The molecule has 6 nitrogen and oxygen atoms in total. The maximum absolute atomic E-state index is 12.3. The van der Waals surface area contributed by atoms with Crippen LogP contribution in [0.3, 0.4) is 0 Å². The van der Waals surface area contributed by atoms with Crippen LogP contribution in [0.2, 0.25) is 0 Å².